The highest BCUT2D eigenvalue weighted by molar-refractivity contribution is 7.84. The molecular formula is C36H68N2O70S16. The molecule has 18 N–H and O–H groups in total. The van der Waals surface area contributed by atoms with E-state index >= 15 is 0 Å². The van der Waals surface area contributed by atoms with Crippen LogP contribution in [0.15, 0.2) is 0 Å². The predicted molar refractivity (Wildman–Crippen MR) is 366 cm³/mol. The van der Waals surface area contributed by atoms with Gasteiger partial charge in [0.05, 0.1) is 26.4 Å². The van der Waals surface area contributed by atoms with Crippen LogP contribution >= 0.6 is 0 Å². The Morgan fingerprint density at radius 3 is 0.685 bits per heavy atom. The molecule has 72 nitrogen and oxygen atoms in total. The molecule has 0 aliphatic carbocycles. The van der Waals surface area contributed by atoms with E-state index in [4.69, 9.17) is 18.9 Å². The van der Waals surface area contributed by atoms with Crippen LogP contribution in [0.3, 0.4) is 0 Å². The molecule has 88 heteroatoms. The van der Waals surface area contributed by atoms with E-state index in [1.165, 1.54) is 0 Å². The monoisotopic (exact) mass is 2160 g/mol. The van der Waals surface area contributed by atoms with Crippen molar-refractivity contribution >= 4 is 178 Å². The molecule has 2 heterocycles. The maximum absolute atomic E-state index is 14.0. The summed E-state index contributed by atoms with van der Waals surface area (Å²) in [6.07, 6.45) is -66.3. The summed E-state index contributed by atoms with van der Waals surface area (Å²) in [7, 11) is -102. The molecule has 2 aliphatic rings. The summed E-state index contributed by atoms with van der Waals surface area (Å²) >= 11 is 0. The van der Waals surface area contributed by atoms with Crippen molar-refractivity contribution in [2.24, 2.45) is 0 Å². The van der Waals surface area contributed by atoms with Crippen molar-refractivity contribution in [1.82, 2.24) is 10.6 Å². The first-order valence-electron chi connectivity index (χ1n) is 30.8. The largest absolute Gasteiger partial charge is 0.398 e. The summed E-state index contributed by atoms with van der Waals surface area (Å²) in [5, 5.41) is 3.53. The molecule has 0 spiro atoms. The highest BCUT2D eigenvalue weighted by atomic mass is 32.3. The van der Waals surface area contributed by atoms with Crippen LogP contribution in [0.5, 0.6) is 0 Å². The normalized spacial score (nSPS) is 23.4. The first kappa shape index (κ1) is 117. The van der Waals surface area contributed by atoms with E-state index in [9.17, 15) is 217 Å². The van der Waals surface area contributed by atoms with Crippen LogP contribution < -0.4 is 10.6 Å². The van der Waals surface area contributed by atoms with Gasteiger partial charge in [-0.15, -0.1) is 0 Å². The lowest BCUT2D eigenvalue weighted by Gasteiger charge is -2.45. The van der Waals surface area contributed by atoms with Crippen molar-refractivity contribution in [3.8, 4) is 0 Å². The Morgan fingerprint density at radius 1 is 0.250 bits per heavy atom. The van der Waals surface area contributed by atoms with E-state index in [2.05, 4.69) is 66.9 Å². The zero-order valence-corrected chi connectivity index (χ0v) is 72.5. The number of carbonyl (C=O) groups is 2. The molecule has 2 saturated heterocycles. The molecule has 0 aromatic rings. The average molecular weight is 2160 g/mol. The molecule has 0 saturated carbocycles. The number of amides is 2. The minimum Gasteiger partial charge on any atom is -0.354 e. The van der Waals surface area contributed by atoms with Crippen molar-refractivity contribution in [3.63, 3.8) is 0 Å². The van der Waals surface area contributed by atoms with Crippen molar-refractivity contribution < 1.29 is 303 Å². The third-order valence-corrected chi connectivity index (χ3v) is 21.1. The molecule has 0 aromatic heterocycles. The highest BCUT2D eigenvalue weighted by Gasteiger charge is 2.60. The molecule has 0 unspecified atom stereocenters. The van der Waals surface area contributed by atoms with Crippen molar-refractivity contribution in [2.75, 3.05) is 39.5 Å². The fourth-order valence-electron chi connectivity index (χ4n) is 9.97. The molecule has 0 radical (unpaired) electrons. The highest BCUT2D eigenvalue weighted by Crippen LogP contribution is 2.38. The van der Waals surface area contributed by atoms with E-state index in [0.29, 0.717) is 0 Å². The van der Waals surface area contributed by atoms with Gasteiger partial charge in [-0.2, -0.15) is 135 Å². The molecule has 0 bridgehead atoms. The predicted octanol–water partition coefficient (Wildman–Crippen LogP) is -11.1. The minimum absolute atomic E-state index is 0.0777. The molecule has 2 amide bonds. The summed E-state index contributed by atoms with van der Waals surface area (Å²) in [6, 6.07) is 0. The quantitative estimate of drug-likeness (QED) is 0.0199. The van der Waals surface area contributed by atoms with Gasteiger partial charge in [-0.25, -0.2) is 66.9 Å². The molecule has 2 aliphatic heterocycles. The van der Waals surface area contributed by atoms with E-state index in [0.717, 1.165) is 0 Å². The Morgan fingerprint density at radius 2 is 0.468 bits per heavy atom. The zero-order chi connectivity index (χ0) is 96.4. The van der Waals surface area contributed by atoms with Gasteiger partial charge in [-0.1, -0.05) is 51.4 Å². The summed E-state index contributed by atoms with van der Waals surface area (Å²) < 4.78 is 628. The van der Waals surface area contributed by atoms with Gasteiger partial charge >= 0.3 is 166 Å². The van der Waals surface area contributed by atoms with Gasteiger partial charge in [0.2, 0.25) is 0 Å². The van der Waals surface area contributed by atoms with Gasteiger partial charge in [0.1, 0.15) is 73.2 Å². The summed E-state index contributed by atoms with van der Waals surface area (Å²) in [5.41, 5.74) is 0. The molecule has 18 atom stereocenters. The lowest BCUT2D eigenvalue weighted by molar-refractivity contribution is -0.312. The second-order valence-corrected chi connectivity index (χ2v) is 40.1. The standard InChI is InChI=1S/C36H68N2O70S16/c39-33(29(105-121(77,78)79)25(101-117(65,66)67)21(19(97-113(53,54)55)15-91-111(47,48)49)95-35-31(107-123(83,84)85)27(103-119(71,72)73)23(99-115(59,60)61)17(93-35)13-89-109(41,42)43)37-11-9-7-5-3-1-2-4-6-8-10-12-38-34(40)30(106-122(80,81)82)26(102-118(68,69)70)22(20(98-114(56,57)58)16-92-112(50,51)52)96-36-32(108-124(86,87)88)28(104-120(74,75)76)24(100-116(62,63)64)18(94-36)14-90-110(44,45)46/h17-32,35-36H,1-16H2,(H,37,39)(H,38,40)(H,41,42,43)(H,44,45,46)(H,47,48,49)(H,50,51,52)(H,53,54,55)(H,56,57,58)(H,59,60,61)(H,62,63,64)(H,65,66,67)(H,68,69,70)(H,71,72,73)(H,74,75,76)(H,77,78,79)(H,80,81,82)(H,83,84,85)(H,86,87,88)/t17-,18-,19-,20-,21-,22-,23-,24-,25+,26+,27+,28+,29-,30-,31-,32-,35-,36-/m1/s1. The topological polar surface area (TPSA) is 1110 Å². The maximum Gasteiger partial charge on any atom is 0.398 e. The minimum atomic E-state index is -6.66. The van der Waals surface area contributed by atoms with Gasteiger partial charge in [0.25, 0.3) is 11.8 Å². The van der Waals surface area contributed by atoms with Crippen molar-refractivity contribution in [3.05, 3.63) is 0 Å². The zero-order valence-electron chi connectivity index (χ0n) is 59.4. The van der Waals surface area contributed by atoms with Crippen LogP contribution in [0, 0.1) is 0 Å². The number of unbranched alkanes of at least 4 members (excludes halogenated alkanes) is 9. The third kappa shape index (κ3) is 52.1. The number of rotatable bonds is 61. The van der Waals surface area contributed by atoms with Crippen molar-refractivity contribution in [1.29, 1.82) is 0 Å². The van der Waals surface area contributed by atoms with Crippen LogP contribution in [-0.4, -0.2) is 369 Å². The number of carbonyl (C=O) groups excluding carboxylic acids is 2. The Bertz CT molecular complexity index is 5210. The fraction of sp³-hybridized carbons (Fsp3) is 0.944. The van der Waals surface area contributed by atoms with E-state index < -0.39 is 328 Å². The number of ether oxygens (including phenoxy) is 4. The molecule has 738 valence electrons. The Balaban J connectivity index is 2.63. The first-order chi connectivity index (χ1) is 55.3. The van der Waals surface area contributed by atoms with Crippen LogP contribution in [0.25, 0.3) is 0 Å². The summed E-state index contributed by atoms with van der Waals surface area (Å²) in [5.74, 6) is -4.55. The van der Waals surface area contributed by atoms with Crippen molar-refractivity contribution in [2.45, 2.75) is 174 Å². The van der Waals surface area contributed by atoms with Gasteiger partial charge in [0, 0.05) is 13.1 Å². The molecule has 2 rings (SSSR count). The van der Waals surface area contributed by atoms with Crippen LogP contribution in [0.4, 0.5) is 0 Å². The first-order valence-corrected chi connectivity index (χ1v) is 52.6. The molecule has 2 fully saturated rings. The van der Waals surface area contributed by atoms with Crippen LogP contribution in [0.2, 0.25) is 0 Å². The third-order valence-electron chi connectivity index (χ3n) is 13.8. The smallest absolute Gasteiger partial charge is 0.354 e. The Hall–Kier alpha value is -3.30. The Kier molecular flexibility index (Phi) is 43.7. The second kappa shape index (κ2) is 46.4. The van der Waals surface area contributed by atoms with Gasteiger partial charge in [0.15, 0.2) is 37.0 Å². The van der Waals surface area contributed by atoms with E-state index in [1.54, 1.807) is 10.6 Å². The number of hydrogen-bond acceptors (Lipinski definition) is 54. The molecule has 0 aromatic carbocycles. The van der Waals surface area contributed by atoms with Crippen LogP contribution in [0.1, 0.15) is 64.2 Å². The van der Waals surface area contributed by atoms with Crippen LogP contribution in [-0.2, 0) is 262 Å². The lowest BCUT2D eigenvalue weighted by Crippen LogP contribution is -2.65. The van der Waals surface area contributed by atoms with Gasteiger partial charge in [-0.05, 0) is 12.8 Å². The maximum atomic E-state index is 14.0. The lowest BCUT2D eigenvalue weighted by atomic mass is 9.98. The number of nitrogens with one attached hydrogen (secondary N) is 2. The fourth-order valence-corrected chi connectivity index (χ4v) is 17.0. The summed E-state index contributed by atoms with van der Waals surface area (Å²) in [4.78, 5) is 27.9. The molecule has 124 heavy (non-hydrogen) atoms. The number of hydrogen-bond donors (Lipinski definition) is 18. The van der Waals surface area contributed by atoms with Gasteiger partial charge < -0.3 is 29.6 Å². The van der Waals surface area contributed by atoms with E-state index in [-0.39, 0.29) is 64.2 Å². The Labute approximate surface area is 701 Å². The average Bonchev–Trinajstić information content (AvgIpc) is 0.765. The second-order valence-electron chi connectivity index (χ2n) is 23.2. The van der Waals surface area contributed by atoms with Gasteiger partial charge in [-0.3, -0.25) is 82.4 Å². The SMILES string of the molecule is O=C(NCCCCCCCCCCCCNC(=O)[C@H](OS(=O)(=O)O)[C@@H](OS(=O)(=O)O)[C@H](O[C@H]1O[C@H](COS(=O)(=O)O)[C@@H](OS(=O)(=O)O)[C@H](OS(=O)(=O)O)[C@H]1OS(=O)(=O)O)[C@@H](COS(=O)(=O)O)OS(=O)(=O)O)[C@H](OS(=O)(=O)O)[C@@H](OS(=O)(=O)O)[C@H](O[C@H]1O[C@H](COS(=O)(=O)O)[C@@H](OS(=O)(=O)O)[C@H](OS(=O)(=O)O)[C@H]1OS(=O)(=O)O)[C@@H](COS(=O)(=O)O)OS(=O)(=O)O. The summed E-state index contributed by atoms with van der Waals surface area (Å²) in [6.45, 7) is -11.0. The molecular weight excluding hydrogens is 2090 g/mol. The van der Waals surface area contributed by atoms with E-state index in [1.807, 2.05) is 0 Å².